The Morgan fingerprint density at radius 2 is 1.21 bits per heavy atom. The van der Waals surface area contributed by atoms with Crippen LogP contribution in [0.2, 0.25) is 39.3 Å². The zero-order valence-electron chi connectivity index (χ0n) is 24.9. The Balaban J connectivity index is 0.000000157. The monoisotopic (exact) mass is 924 g/mol. The predicted molar refractivity (Wildman–Crippen MR) is 213 cm³/mol. The zero-order valence-corrected chi connectivity index (χ0v) is 34.9. The van der Waals surface area contributed by atoms with Crippen molar-refractivity contribution < 1.29 is 13.6 Å². The smallest absolute Gasteiger partial charge is 0.369 e. The lowest BCUT2D eigenvalue weighted by atomic mass is 9.40. The molecule has 43 heavy (non-hydrogen) atoms. The van der Waals surface area contributed by atoms with E-state index >= 15 is 0 Å². The van der Waals surface area contributed by atoms with Gasteiger partial charge < -0.3 is 13.6 Å². The van der Waals surface area contributed by atoms with Gasteiger partial charge in [0.15, 0.2) is 0 Å². The summed E-state index contributed by atoms with van der Waals surface area (Å²) in [4.78, 5) is 0. The van der Waals surface area contributed by atoms with Crippen molar-refractivity contribution in [3.63, 3.8) is 0 Å². The van der Waals surface area contributed by atoms with Crippen LogP contribution in [0.25, 0.3) is 21.9 Å². The molecule has 0 radical (unpaired) electrons. The van der Waals surface area contributed by atoms with E-state index in [1.807, 2.05) is 24.3 Å². The Morgan fingerprint density at radius 1 is 0.674 bits per heavy atom. The van der Waals surface area contributed by atoms with E-state index in [1.54, 1.807) is 5.19 Å². The first-order chi connectivity index (χ1) is 20.2. The van der Waals surface area contributed by atoms with Crippen LogP contribution in [0.15, 0.2) is 81.6 Å². The van der Waals surface area contributed by atoms with E-state index in [1.165, 1.54) is 27.2 Å². The number of fused-ring (bicyclic) bond motifs is 7. The molecule has 0 amide bonds. The predicted octanol–water partition coefficient (Wildman–Crippen LogP) is 8.94. The maximum absolute atomic E-state index is 6.25. The molecule has 0 saturated carbocycles. The molecule has 13 heteroatoms. The first-order valence-electron chi connectivity index (χ1n) is 14.2. The zero-order chi connectivity index (χ0) is 31.3. The minimum absolute atomic E-state index is 0.0790. The normalized spacial score (nSPS) is 17.3. The van der Waals surface area contributed by atoms with E-state index in [9.17, 15) is 0 Å². The Morgan fingerprint density at radius 3 is 1.81 bits per heavy atom. The molecular weight excluding hydrogens is 896 g/mol. The highest BCUT2D eigenvalue weighted by Crippen LogP contribution is 2.44. The van der Waals surface area contributed by atoms with E-state index < -0.39 is 16.1 Å². The number of benzene rings is 3. The summed E-state index contributed by atoms with van der Waals surface area (Å²) in [6.07, 6.45) is 0. The van der Waals surface area contributed by atoms with Crippen LogP contribution in [0, 0.1) is 0 Å². The molecule has 222 valence electrons. The fraction of sp³-hybridized carbons (Fsp3) is 0.267. The van der Waals surface area contributed by atoms with Crippen LogP contribution in [0.5, 0.6) is 5.75 Å². The minimum Gasteiger partial charge on any atom is -0.497 e. The van der Waals surface area contributed by atoms with Gasteiger partial charge in [-0.2, -0.15) is 0 Å². The second kappa shape index (κ2) is 13.4. The van der Waals surface area contributed by atoms with Gasteiger partial charge in [-0.3, -0.25) is 0 Å². The summed E-state index contributed by atoms with van der Waals surface area (Å²) in [5.41, 5.74) is 5.74. The van der Waals surface area contributed by atoms with Crippen molar-refractivity contribution >= 4 is 153 Å². The van der Waals surface area contributed by atoms with Crippen LogP contribution in [-0.4, -0.2) is 36.4 Å². The lowest BCUT2D eigenvalue weighted by molar-refractivity contribution is 0.306. The van der Waals surface area contributed by atoms with Crippen molar-refractivity contribution in [2.24, 2.45) is 0 Å². The number of ether oxygens (including phenoxy) is 1. The van der Waals surface area contributed by atoms with Gasteiger partial charge in [0.1, 0.15) is 25.0 Å². The first-order valence-corrected chi connectivity index (χ1v) is 25.8. The summed E-state index contributed by atoms with van der Waals surface area (Å²) in [6.45, 7) is 14.3. The fourth-order valence-electron chi connectivity index (χ4n) is 6.05. The van der Waals surface area contributed by atoms with Crippen molar-refractivity contribution in [3.05, 3.63) is 78.4 Å². The van der Waals surface area contributed by atoms with Gasteiger partial charge in [0.05, 0.1) is 25.1 Å². The molecule has 5 aromatic rings. The van der Waals surface area contributed by atoms with Gasteiger partial charge >= 0.3 is 14.3 Å². The highest BCUT2D eigenvalue weighted by Gasteiger charge is 2.54. The first kappa shape index (κ1) is 33.9. The maximum Gasteiger partial charge on any atom is 0.369 e. The molecule has 2 unspecified atom stereocenters. The summed E-state index contributed by atoms with van der Waals surface area (Å²) in [5, 5.41) is 5.39. The van der Waals surface area contributed by atoms with Crippen LogP contribution in [0.1, 0.15) is 11.4 Å². The van der Waals surface area contributed by atoms with E-state index in [-0.39, 0.29) is 26.1 Å². The molecular formula is C30H32B3Br5O3Si2. The molecule has 0 spiro atoms. The molecule has 3 nitrogen and oxygen atoms in total. The largest absolute Gasteiger partial charge is 0.497 e. The number of para-hydroxylation sites is 3. The van der Waals surface area contributed by atoms with Crippen molar-refractivity contribution in [1.29, 1.82) is 0 Å². The van der Waals surface area contributed by atoms with Crippen LogP contribution in [0.3, 0.4) is 0 Å². The summed E-state index contributed by atoms with van der Waals surface area (Å²) < 4.78 is 18.9. The van der Waals surface area contributed by atoms with Gasteiger partial charge in [-0.15, -0.1) is 78.8 Å². The maximum atomic E-state index is 6.25. The molecule has 0 saturated heterocycles. The second-order valence-corrected chi connectivity index (χ2v) is 31.2. The number of hydrogen-bond acceptors (Lipinski definition) is 3. The standard InChI is InChI=1S/C16H10B2Br2O2.C14H22OSi2.BBr3/c19-17-13-9-5-1-3-7-11(9)21-15(13)18(20)14-10-6-2-4-8-12(10)22-16(14)17;1-16(2,3)13-11-9-7-8-10-12(11)15-14(13)17(4,5)6;2-1(3)4/h1-8,13,15H;7-10H,1-6H3;. The molecule has 3 aromatic carbocycles. The van der Waals surface area contributed by atoms with Gasteiger partial charge in [-0.1, -0.05) is 93.9 Å². The van der Waals surface area contributed by atoms with E-state index in [0.29, 0.717) is 0 Å². The van der Waals surface area contributed by atoms with Crippen molar-refractivity contribution in [3.8, 4) is 5.75 Å². The minimum atomic E-state index is -1.40. The van der Waals surface area contributed by atoms with Crippen molar-refractivity contribution in [1.82, 2.24) is 0 Å². The summed E-state index contributed by atoms with van der Waals surface area (Å²) in [6, 6.07) is 25.1. The molecule has 2 atom stereocenters. The molecule has 0 bridgehead atoms. The number of rotatable bonds is 2. The van der Waals surface area contributed by atoms with E-state index in [2.05, 4.69) is 167 Å². The molecule has 2 aromatic heterocycles. The number of hydrogen-bond donors (Lipinski definition) is 0. The van der Waals surface area contributed by atoms with Crippen LogP contribution in [0.4, 0.5) is 0 Å². The summed E-state index contributed by atoms with van der Waals surface area (Å²) in [7, 11) is -2.76. The van der Waals surface area contributed by atoms with Crippen LogP contribution < -0.4 is 26.4 Å². The van der Waals surface area contributed by atoms with Gasteiger partial charge in [0.25, 0.3) is 0 Å². The van der Waals surface area contributed by atoms with Gasteiger partial charge in [-0.05, 0) is 34.4 Å². The highest BCUT2D eigenvalue weighted by molar-refractivity contribution is 9.69. The molecule has 2 aliphatic heterocycles. The Kier molecular flexibility index (Phi) is 10.5. The third-order valence-corrected chi connectivity index (χ3v) is 13.6. The van der Waals surface area contributed by atoms with Crippen molar-refractivity contribution in [2.75, 3.05) is 0 Å². The Bertz CT molecular complexity index is 1750. The summed E-state index contributed by atoms with van der Waals surface area (Å²) in [5.74, 6) is 1.24. The topological polar surface area (TPSA) is 35.5 Å². The van der Waals surface area contributed by atoms with E-state index in [0.717, 1.165) is 22.6 Å². The quantitative estimate of drug-likeness (QED) is 0.166. The second-order valence-electron chi connectivity index (χ2n) is 12.9. The average molecular weight is 929 g/mol. The lowest BCUT2D eigenvalue weighted by Crippen LogP contribution is -2.59. The lowest BCUT2D eigenvalue weighted by Gasteiger charge is -2.29. The Hall–Kier alpha value is -0.431. The highest BCUT2D eigenvalue weighted by atomic mass is 79.9. The third kappa shape index (κ3) is 6.98. The Labute approximate surface area is 298 Å². The van der Waals surface area contributed by atoms with Crippen molar-refractivity contribution in [2.45, 2.75) is 51.1 Å². The van der Waals surface area contributed by atoms with Gasteiger partial charge in [0.2, 0.25) is 0 Å². The molecule has 4 heterocycles. The molecule has 0 fully saturated rings. The van der Waals surface area contributed by atoms with Gasteiger partial charge in [0, 0.05) is 16.6 Å². The van der Waals surface area contributed by atoms with Crippen LogP contribution >= 0.6 is 78.8 Å². The molecule has 7 rings (SSSR count). The van der Waals surface area contributed by atoms with E-state index in [4.69, 9.17) is 13.6 Å². The average Bonchev–Trinajstić information content (AvgIpc) is 3.63. The third-order valence-electron chi connectivity index (χ3n) is 7.71. The fourth-order valence-corrected chi connectivity index (χ4v) is 13.2. The SMILES string of the molecule is BrB(Br)Br.BrB1c2c(oc3ccccc23)B(Br)C2c3ccccc3OC12.C[Si](C)(C)c1oc2ccccc2c1[Si](C)(C)C. The van der Waals surface area contributed by atoms with Gasteiger partial charge in [-0.25, -0.2) is 0 Å². The molecule has 0 N–H and O–H groups in total. The van der Waals surface area contributed by atoms with Crippen LogP contribution in [-0.2, 0) is 0 Å². The molecule has 2 aliphatic rings. The number of halogens is 5. The summed E-state index contributed by atoms with van der Waals surface area (Å²) >= 11 is 17.1. The molecule has 0 aliphatic carbocycles. The number of furan rings is 2.